The monoisotopic (exact) mass is 423 g/mol. The molecule has 3 N–H and O–H groups in total. The zero-order chi connectivity index (χ0) is 17.9. The number of carbonyl (C=O) groups excluding carboxylic acids is 1. The lowest BCUT2D eigenvalue weighted by Crippen LogP contribution is -2.42. The highest BCUT2D eigenvalue weighted by Crippen LogP contribution is 2.35. The number of carbonyl (C=O) groups is 1. The first-order chi connectivity index (χ1) is 12.7. The highest BCUT2D eigenvalue weighted by Gasteiger charge is 2.29. The number of hydrogen-bond donors (Lipinski definition) is 2. The van der Waals surface area contributed by atoms with Crippen LogP contribution in [0.1, 0.15) is 47.7 Å². The fourth-order valence-electron chi connectivity index (χ4n) is 3.78. The van der Waals surface area contributed by atoms with Crippen LogP contribution < -0.4 is 11.1 Å². The van der Waals surface area contributed by atoms with Gasteiger partial charge in [0.1, 0.15) is 12.1 Å². The van der Waals surface area contributed by atoms with Gasteiger partial charge in [-0.1, -0.05) is 18.2 Å². The number of nitrogens with one attached hydrogen (secondary N) is 1. The average Bonchev–Trinajstić information content (AvgIpc) is 2.66. The minimum Gasteiger partial charge on any atom is -0.367 e. The van der Waals surface area contributed by atoms with Crippen LogP contribution in [-0.4, -0.2) is 45.9 Å². The molecule has 0 atom stereocenters. The number of nitrogens with two attached hydrogens (primary N) is 1. The molecule has 8 heteroatoms. The van der Waals surface area contributed by atoms with E-state index < -0.39 is 0 Å². The summed E-state index contributed by atoms with van der Waals surface area (Å²) in [6.07, 6.45) is 5.50. The third-order valence-electron chi connectivity index (χ3n) is 5.44. The Hall–Kier alpha value is -1.89. The van der Waals surface area contributed by atoms with Crippen molar-refractivity contribution in [2.75, 3.05) is 18.4 Å². The quantitative estimate of drug-likeness (QED) is 0.787. The second-order valence-electron chi connectivity index (χ2n) is 7.33. The molecule has 1 amide bonds. The normalized spacial score (nSPS) is 21.7. The van der Waals surface area contributed by atoms with Crippen LogP contribution in [0.4, 0.5) is 5.82 Å². The molecule has 0 unspecified atom stereocenters. The van der Waals surface area contributed by atoms with Crippen molar-refractivity contribution in [1.29, 1.82) is 0 Å². The number of rotatable bonds is 4. The molecule has 28 heavy (non-hydrogen) atoms. The molecule has 2 aliphatic rings. The van der Waals surface area contributed by atoms with Gasteiger partial charge in [-0.25, -0.2) is 9.97 Å². The number of halogens is 2. The van der Waals surface area contributed by atoms with E-state index in [0.717, 1.165) is 55.8 Å². The minimum absolute atomic E-state index is 0. The average molecular weight is 424 g/mol. The van der Waals surface area contributed by atoms with Gasteiger partial charge in [0, 0.05) is 48.4 Å². The van der Waals surface area contributed by atoms with Crippen LogP contribution in [-0.2, 0) is 0 Å². The molecule has 0 bridgehead atoms. The maximum absolute atomic E-state index is 12.5. The molecule has 4 rings (SSSR count). The van der Waals surface area contributed by atoms with Crippen molar-refractivity contribution in [3.05, 3.63) is 54.0 Å². The minimum atomic E-state index is 0. The fraction of sp³-hybridized carbons (Fsp3) is 0.450. The SMILES string of the molecule is Cl.Cl.NC1CC(c2cc(NC3CCN(C(=O)c4ccccc4)CC3)ncn2)C1. The molecule has 6 nitrogen and oxygen atoms in total. The second kappa shape index (κ2) is 10.0. The molecule has 2 aromatic rings. The van der Waals surface area contributed by atoms with Crippen molar-refractivity contribution in [3.8, 4) is 0 Å². The molecule has 0 radical (unpaired) electrons. The lowest BCUT2D eigenvalue weighted by Gasteiger charge is -2.33. The summed E-state index contributed by atoms with van der Waals surface area (Å²) in [6.45, 7) is 1.53. The van der Waals surface area contributed by atoms with Gasteiger partial charge in [0.2, 0.25) is 0 Å². The van der Waals surface area contributed by atoms with Crippen LogP contribution in [0.25, 0.3) is 0 Å². The van der Waals surface area contributed by atoms with E-state index in [0.29, 0.717) is 18.0 Å². The van der Waals surface area contributed by atoms with Crippen LogP contribution in [0.5, 0.6) is 0 Å². The molecule has 1 aliphatic heterocycles. The van der Waals surface area contributed by atoms with Gasteiger partial charge in [-0.3, -0.25) is 4.79 Å². The van der Waals surface area contributed by atoms with E-state index in [1.807, 2.05) is 35.2 Å². The summed E-state index contributed by atoms with van der Waals surface area (Å²) in [5.41, 5.74) is 7.73. The third kappa shape index (κ3) is 5.13. The molecule has 1 saturated heterocycles. The summed E-state index contributed by atoms with van der Waals surface area (Å²) < 4.78 is 0. The number of nitrogens with zero attached hydrogens (tertiary/aromatic N) is 3. The van der Waals surface area contributed by atoms with Crippen LogP contribution >= 0.6 is 24.8 Å². The Morgan fingerprint density at radius 2 is 1.75 bits per heavy atom. The van der Waals surface area contributed by atoms with E-state index in [4.69, 9.17) is 5.73 Å². The summed E-state index contributed by atoms with van der Waals surface area (Å²) in [4.78, 5) is 23.2. The summed E-state index contributed by atoms with van der Waals surface area (Å²) in [6, 6.07) is 12.2. The highest BCUT2D eigenvalue weighted by molar-refractivity contribution is 5.94. The zero-order valence-electron chi connectivity index (χ0n) is 15.7. The lowest BCUT2D eigenvalue weighted by atomic mass is 9.78. The maximum Gasteiger partial charge on any atom is 0.253 e. The van der Waals surface area contributed by atoms with Gasteiger partial charge in [0.15, 0.2) is 0 Å². The second-order valence-corrected chi connectivity index (χ2v) is 7.33. The summed E-state index contributed by atoms with van der Waals surface area (Å²) in [5, 5.41) is 3.51. The molecule has 1 saturated carbocycles. The van der Waals surface area contributed by atoms with E-state index >= 15 is 0 Å². The Balaban J connectivity index is 0.00000140. The first-order valence-corrected chi connectivity index (χ1v) is 9.37. The third-order valence-corrected chi connectivity index (χ3v) is 5.44. The molecule has 2 fully saturated rings. The molecule has 0 spiro atoms. The van der Waals surface area contributed by atoms with Crippen LogP contribution in [0.3, 0.4) is 0 Å². The van der Waals surface area contributed by atoms with E-state index in [1.165, 1.54) is 0 Å². The predicted octanol–water partition coefficient (Wildman–Crippen LogP) is 3.24. The Morgan fingerprint density at radius 1 is 1.07 bits per heavy atom. The van der Waals surface area contributed by atoms with Crippen LogP contribution in [0, 0.1) is 0 Å². The number of anilines is 1. The topological polar surface area (TPSA) is 84.1 Å². The van der Waals surface area contributed by atoms with Gasteiger partial charge < -0.3 is 16.0 Å². The predicted molar refractivity (Wildman–Crippen MR) is 115 cm³/mol. The van der Waals surface area contributed by atoms with E-state index in [-0.39, 0.29) is 30.7 Å². The molecule has 1 aromatic heterocycles. The first-order valence-electron chi connectivity index (χ1n) is 9.37. The van der Waals surface area contributed by atoms with Crippen molar-refractivity contribution in [2.24, 2.45) is 5.73 Å². The Bertz CT molecular complexity index is 762. The first kappa shape index (κ1) is 22.4. The Labute approximate surface area is 178 Å². The summed E-state index contributed by atoms with van der Waals surface area (Å²) in [7, 11) is 0. The van der Waals surface area contributed by atoms with E-state index in [2.05, 4.69) is 21.4 Å². The van der Waals surface area contributed by atoms with Crippen molar-refractivity contribution in [3.63, 3.8) is 0 Å². The molecule has 2 heterocycles. The number of aromatic nitrogens is 2. The van der Waals surface area contributed by atoms with Gasteiger partial charge in [0.05, 0.1) is 0 Å². The number of amides is 1. The highest BCUT2D eigenvalue weighted by atomic mass is 35.5. The van der Waals surface area contributed by atoms with Gasteiger partial charge in [-0.2, -0.15) is 0 Å². The fourth-order valence-corrected chi connectivity index (χ4v) is 3.78. The van der Waals surface area contributed by atoms with Crippen molar-refractivity contribution in [2.45, 2.75) is 43.7 Å². The van der Waals surface area contributed by atoms with Crippen molar-refractivity contribution < 1.29 is 4.79 Å². The number of hydrogen-bond acceptors (Lipinski definition) is 5. The van der Waals surface area contributed by atoms with E-state index in [1.54, 1.807) is 6.33 Å². The Morgan fingerprint density at radius 3 is 2.39 bits per heavy atom. The number of piperidine rings is 1. The molecular weight excluding hydrogens is 397 g/mol. The van der Waals surface area contributed by atoms with Gasteiger partial charge in [-0.15, -0.1) is 24.8 Å². The zero-order valence-corrected chi connectivity index (χ0v) is 17.3. The van der Waals surface area contributed by atoms with Gasteiger partial charge in [-0.05, 0) is 37.8 Å². The summed E-state index contributed by atoms with van der Waals surface area (Å²) >= 11 is 0. The van der Waals surface area contributed by atoms with Gasteiger partial charge >= 0.3 is 0 Å². The number of likely N-dealkylation sites (tertiary alicyclic amines) is 1. The molecular formula is C20H27Cl2N5O. The molecule has 1 aliphatic carbocycles. The Kier molecular flexibility index (Phi) is 8.04. The lowest BCUT2D eigenvalue weighted by molar-refractivity contribution is 0.0718. The largest absolute Gasteiger partial charge is 0.367 e. The van der Waals surface area contributed by atoms with Crippen LogP contribution in [0.15, 0.2) is 42.7 Å². The van der Waals surface area contributed by atoms with Crippen LogP contribution in [0.2, 0.25) is 0 Å². The molecule has 152 valence electrons. The maximum atomic E-state index is 12.5. The van der Waals surface area contributed by atoms with E-state index in [9.17, 15) is 4.79 Å². The summed E-state index contributed by atoms with van der Waals surface area (Å²) in [5.74, 6) is 1.47. The standard InChI is InChI=1S/C20H25N5O.2ClH/c21-16-10-15(11-16)18-12-19(23-13-22-18)24-17-6-8-25(9-7-17)20(26)14-4-2-1-3-5-14;;/h1-5,12-13,15-17H,6-11,21H2,(H,22,23,24);2*1H. The smallest absolute Gasteiger partial charge is 0.253 e. The van der Waals surface area contributed by atoms with Gasteiger partial charge in [0.25, 0.3) is 5.91 Å². The van der Waals surface area contributed by atoms with Crippen molar-refractivity contribution >= 4 is 36.5 Å². The molecule has 1 aromatic carbocycles. The number of benzene rings is 1. The van der Waals surface area contributed by atoms with Crippen molar-refractivity contribution in [1.82, 2.24) is 14.9 Å².